The maximum absolute atomic E-state index is 12.9. The van der Waals surface area contributed by atoms with E-state index in [1.54, 1.807) is 0 Å². The zero-order valence-electron chi connectivity index (χ0n) is 16.1. The molecule has 29 heavy (non-hydrogen) atoms. The van der Waals surface area contributed by atoms with E-state index in [9.17, 15) is 13.2 Å². The first-order valence-electron chi connectivity index (χ1n) is 9.95. The Bertz CT molecular complexity index is 1010. The number of carbonyl (C=O) groups is 1. The van der Waals surface area contributed by atoms with E-state index in [1.807, 2.05) is 0 Å². The van der Waals surface area contributed by atoms with E-state index < -0.39 is 10.0 Å². The fourth-order valence-corrected chi connectivity index (χ4v) is 5.86. The van der Waals surface area contributed by atoms with Crippen LogP contribution in [0.3, 0.4) is 0 Å². The van der Waals surface area contributed by atoms with Crippen molar-refractivity contribution in [3.63, 3.8) is 0 Å². The third kappa shape index (κ3) is 4.17. The molecule has 0 unspecified atom stereocenters. The van der Waals surface area contributed by atoms with Gasteiger partial charge in [-0.15, -0.1) is 10.2 Å². The fourth-order valence-electron chi connectivity index (χ4n) is 3.85. The summed E-state index contributed by atoms with van der Waals surface area (Å²) >= 11 is 6.16. The average Bonchev–Trinajstić information content (AvgIpc) is 3.32. The van der Waals surface area contributed by atoms with Crippen LogP contribution in [-0.4, -0.2) is 46.5 Å². The Kier molecular flexibility index (Phi) is 5.89. The van der Waals surface area contributed by atoms with E-state index >= 15 is 0 Å². The van der Waals surface area contributed by atoms with Gasteiger partial charge in [-0.3, -0.25) is 4.79 Å². The van der Waals surface area contributed by atoms with E-state index in [2.05, 4.69) is 20.1 Å². The van der Waals surface area contributed by atoms with Crippen molar-refractivity contribution < 1.29 is 13.2 Å². The van der Waals surface area contributed by atoms with Crippen LogP contribution in [0.1, 0.15) is 54.1 Å². The molecule has 1 saturated heterocycles. The molecule has 1 aromatic heterocycles. The summed E-state index contributed by atoms with van der Waals surface area (Å²) in [6.07, 6.45) is 5.90. The number of benzene rings is 1. The second kappa shape index (κ2) is 8.41. The Morgan fingerprint density at radius 3 is 2.62 bits per heavy atom. The van der Waals surface area contributed by atoms with Crippen molar-refractivity contribution >= 4 is 27.5 Å². The zero-order chi connectivity index (χ0) is 20.4. The predicted octanol–water partition coefficient (Wildman–Crippen LogP) is 2.37. The minimum atomic E-state index is -3.70. The molecular weight excluding hydrogens is 414 g/mol. The average molecular weight is 438 g/mol. The Balaban J connectivity index is 1.50. The van der Waals surface area contributed by atoms with Gasteiger partial charge in [0.25, 0.3) is 5.91 Å². The molecule has 0 atom stereocenters. The standard InChI is InChI=1S/C19H24ClN5O3S/c20-15-8-7-14(12-16(15)29(27,28)24-9-4-5-10-24)19(26)21-13-18-23-22-17-6-2-1-3-11-25(17)18/h7-8,12H,1-6,9-11,13H2,(H,21,26). The van der Waals surface area contributed by atoms with Crippen molar-refractivity contribution in [3.05, 3.63) is 40.4 Å². The summed E-state index contributed by atoms with van der Waals surface area (Å²) in [5, 5.41) is 11.4. The van der Waals surface area contributed by atoms with E-state index in [-0.39, 0.29) is 27.9 Å². The van der Waals surface area contributed by atoms with Gasteiger partial charge in [0.1, 0.15) is 10.7 Å². The first-order valence-corrected chi connectivity index (χ1v) is 11.8. The summed E-state index contributed by atoms with van der Waals surface area (Å²) in [7, 11) is -3.70. The van der Waals surface area contributed by atoms with Crippen LogP contribution in [0.2, 0.25) is 5.02 Å². The highest BCUT2D eigenvalue weighted by Crippen LogP contribution is 2.28. The lowest BCUT2D eigenvalue weighted by Gasteiger charge is -2.17. The van der Waals surface area contributed by atoms with Crippen LogP contribution in [0.5, 0.6) is 0 Å². The van der Waals surface area contributed by atoms with Gasteiger partial charge in [0.15, 0.2) is 5.82 Å². The van der Waals surface area contributed by atoms with Crippen LogP contribution in [0, 0.1) is 0 Å². The molecule has 0 saturated carbocycles. The smallest absolute Gasteiger partial charge is 0.251 e. The van der Waals surface area contributed by atoms with Crippen LogP contribution in [-0.2, 0) is 29.5 Å². The lowest BCUT2D eigenvalue weighted by atomic mass is 10.2. The zero-order valence-corrected chi connectivity index (χ0v) is 17.7. The summed E-state index contributed by atoms with van der Waals surface area (Å²) < 4.78 is 29.2. The summed E-state index contributed by atoms with van der Waals surface area (Å²) in [5.74, 6) is 1.30. The Morgan fingerprint density at radius 1 is 1.07 bits per heavy atom. The minimum absolute atomic E-state index is 0.0231. The summed E-state index contributed by atoms with van der Waals surface area (Å²) in [4.78, 5) is 12.6. The second-order valence-corrected chi connectivity index (χ2v) is 9.75. The minimum Gasteiger partial charge on any atom is -0.345 e. The first-order chi connectivity index (χ1) is 14.0. The Labute approximate surface area is 175 Å². The molecule has 1 amide bonds. The molecule has 1 N–H and O–H groups in total. The molecule has 8 nitrogen and oxygen atoms in total. The van der Waals surface area contributed by atoms with Crippen LogP contribution >= 0.6 is 11.6 Å². The van der Waals surface area contributed by atoms with E-state index in [1.165, 1.54) is 22.5 Å². The van der Waals surface area contributed by atoms with Crippen molar-refractivity contribution in [2.24, 2.45) is 0 Å². The number of hydrogen-bond donors (Lipinski definition) is 1. The lowest BCUT2D eigenvalue weighted by Crippen LogP contribution is -2.29. The van der Waals surface area contributed by atoms with Crippen molar-refractivity contribution in [3.8, 4) is 0 Å². The maximum atomic E-state index is 12.9. The summed E-state index contributed by atoms with van der Waals surface area (Å²) in [6.45, 7) is 2.05. The molecule has 0 aliphatic carbocycles. The van der Waals surface area contributed by atoms with Crippen LogP contribution < -0.4 is 5.32 Å². The monoisotopic (exact) mass is 437 g/mol. The number of nitrogens with zero attached hydrogens (tertiary/aromatic N) is 4. The normalized spacial score (nSPS) is 17.7. The molecule has 1 aromatic carbocycles. The molecule has 4 rings (SSSR count). The Morgan fingerprint density at radius 2 is 1.83 bits per heavy atom. The molecular formula is C19H24ClN5O3S. The molecule has 156 valence electrons. The number of aromatic nitrogens is 3. The van der Waals surface area contributed by atoms with Gasteiger partial charge in [0.2, 0.25) is 10.0 Å². The quantitative estimate of drug-likeness (QED) is 0.774. The highest BCUT2D eigenvalue weighted by molar-refractivity contribution is 7.89. The van der Waals surface area contributed by atoms with Gasteiger partial charge in [-0.25, -0.2) is 8.42 Å². The largest absolute Gasteiger partial charge is 0.345 e. The van der Waals surface area contributed by atoms with E-state index in [0.29, 0.717) is 18.9 Å². The van der Waals surface area contributed by atoms with Gasteiger partial charge in [-0.1, -0.05) is 18.0 Å². The van der Waals surface area contributed by atoms with E-state index in [0.717, 1.165) is 50.9 Å². The molecule has 10 heteroatoms. The van der Waals surface area contributed by atoms with E-state index in [4.69, 9.17) is 11.6 Å². The summed E-state index contributed by atoms with van der Waals surface area (Å²) in [5.41, 5.74) is 0.253. The van der Waals surface area contributed by atoms with Gasteiger partial charge < -0.3 is 9.88 Å². The van der Waals surface area contributed by atoms with Gasteiger partial charge in [0, 0.05) is 31.6 Å². The highest BCUT2D eigenvalue weighted by Gasteiger charge is 2.29. The molecule has 2 aliphatic rings. The van der Waals surface area contributed by atoms with Crippen molar-refractivity contribution in [1.82, 2.24) is 24.4 Å². The number of carbonyl (C=O) groups excluding carboxylic acids is 1. The number of amides is 1. The number of sulfonamides is 1. The third-order valence-corrected chi connectivity index (χ3v) is 7.85. The molecule has 2 aromatic rings. The van der Waals surface area contributed by atoms with Crippen molar-refractivity contribution in [1.29, 1.82) is 0 Å². The number of fused-ring (bicyclic) bond motifs is 1. The highest BCUT2D eigenvalue weighted by atomic mass is 35.5. The van der Waals surface area contributed by atoms with Crippen molar-refractivity contribution in [2.45, 2.75) is 56.5 Å². The summed E-state index contributed by atoms with van der Waals surface area (Å²) in [6, 6.07) is 4.35. The number of hydrogen-bond acceptors (Lipinski definition) is 5. The van der Waals surface area contributed by atoms with Crippen LogP contribution in [0.4, 0.5) is 0 Å². The van der Waals surface area contributed by atoms with Gasteiger partial charge in [-0.2, -0.15) is 4.31 Å². The maximum Gasteiger partial charge on any atom is 0.251 e. The number of aryl methyl sites for hydroxylation is 1. The molecule has 1 fully saturated rings. The number of nitrogens with one attached hydrogen (secondary N) is 1. The van der Waals surface area contributed by atoms with Crippen molar-refractivity contribution in [2.75, 3.05) is 13.1 Å². The molecule has 3 heterocycles. The molecule has 0 bridgehead atoms. The molecule has 2 aliphatic heterocycles. The fraction of sp³-hybridized carbons (Fsp3) is 0.526. The van der Waals surface area contributed by atoms with Gasteiger partial charge >= 0.3 is 0 Å². The number of rotatable bonds is 5. The lowest BCUT2D eigenvalue weighted by molar-refractivity contribution is 0.0949. The van der Waals surface area contributed by atoms with Gasteiger partial charge in [0.05, 0.1) is 11.6 Å². The molecule has 0 spiro atoms. The van der Waals surface area contributed by atoms with Gasteiger partial charge in [-0.05, 0) is 43.9 Å². The SMILES string of the molecule is O=C(NCc1nnc2n1CCCCC2)c1ccc(Cl)c(S(=O)(=O)N2CCCC2)c1. The van der Waals surface area contributed by atoms with Crippen LogP contribution in [0.15, 0.2) is 23.1 Å². The third-order valence-electron chi connectivity index (χ3n) is 5.47. The molecule has 0 radical (unpaired) electrons. The Hall–Kier alpha value is -1.97. The topological polar surface area (TPSA) is 97.2 Å². The predicted molar refractivity (Wildman–Crippen MR) is 108 cm³/mol. The van der Waals surface area contributed by atoms with Crippen LogP contribution in [0.25, 0.3) is 0 Å². The first kappa shape index (κ1) is 20.3. The number of halogens is 1. The second-order valence-electron chi connectivity index (χ2n) is 7.43.